The fraction of sp³-hybridized carbons (Fsp3) is 1.00. The van der Waals surface area contributed by atoms with Gasteiger partial charge in [-0.05, 0) is 31.7 Å². The Morgan fingerprint density at radius 3 is 0.905 bits per heavy atom. The lowest BCUT2D eigenvalue weighted by atomic mass is 9.86. The summed E-state index contributed by atoms with van der Waals surface area (Å²) < 4.78 is 0. The third kappa shape index (κ3) is 30.0. The van der Waals surface area contributed by atoms with Gasteiger partial charge < -0.3 is 4.90 Å². The van der Waals surface area contributed by atoms with Gasteiger partial charge in [0.15, 0.2) is 0 Å². The molecule has 0 aromatic carbocycles. The van der Waals surface area contributed by atoms with E-state index in [9.17, 15) is 0 Å². The molecule has 0 bridgehead atoms. The van der Waals surface area contributed by atoms with Crippen LogP contribution < -0.4 is 0 Å². The van der Waals surface area contributed by atoms with Crippen molar-refractivity contribution < 1.29 is 0 Å². The van der Waals surface area contributed by atoms with E-state index >= 15 is 0 Å². The fourth-order valence-electron chi connectivity index (χ4n) is 7.29. The standard InChI is InChI=1S/C41H85N/c1-7-10-12-14-16-18-20-22-24-26-28-30-32-34-36-40(42(6)39-41(4,5)38-9-3)37-35-33-31-29-27-25-23-21-19-17-15-13-11-8-2/h40H,7-39H2,1-6H3. The van der Waals surface area contributed by atoms with E-state index in [0.29, 0.717) is 5.41 Å². The largest absolute Gasteiger partial charge is 0.303 e. The molecule has 254 valence electrons. The average molecular weight is 592 g/mol. The second kappa shape index (κ2) is 32.4. The highest BCUT2D eigenvalue weighted by atomic mass is 15.1. The van der Waals surface area contributed by atoms with Crippen LogP contribution in [0.25, 0.3) is 0 Å². The summed E-state index contributed by atoms with van der Waals surface area (Å²) in [6, 6.07) is 0.802. The van der Waals surface area contributed by atoms with E-state index in [0.717, 1.165) is 6.04 Å². The van der Waals surface area contributed by atoms with Gasteiger partial charge in [0.25, 0.3) is 0 Å². The molecular formula is C41H85N. The van der Waals surface area contributed by atoms with Crippen molar-refractivity contribution >= 4 is 0 Å². The number of nitrogens with zero attached hydrogens (tertiary/aromatic N) is 1. The van der Waals surface area contributed by atoms with Crippen LogP contribution in [0, 0.1) is 5.41 Å². The Morgan fingerprint density at radius 1 is 0.381 bits per heavy atom. The Balaban J connectivity index is 4.00. The van der Waals surface area contributed by atoms with E-state index in [-0.39, 0.29) is 0 Å². The summed E-state index contributed by atoms with van der Waals surface area (Å²) in [6.45, 7) is 13.2. The minimum atomic E-state index is 0.451. The van der Waals surface area contributed by atoms with Crippen molar-refractivity contribution in [2.45, 2.75) is 246 Å². The van der Waals surface area contributed by atoms with Gasteiger partial charge in [0, 0.05) is 12.6 Å². The highest BCUT2D eigenvalue weighted by molar-refractivity contribution is 4.77. The maximum Gasteiger partial charge on any atom is 0.00924 e. The predicted octanol–water partition coefficient (Wildman–Crippen LogP) is 14.9. The predicted molar refractivity (Wildman–Crippen MR) is 195 cm³/mol. The first kappa shape index (κ1) is 42.0. The lowest BCUT2D eigenvalue weighted by Gasteiger charge is -2.35. The summed E-state index contributed by atoms with van der Waals surface area (Å²) in [5.74, 6) is 0. The van der Waals surface area contributed by atoms with Gasteiger partial charge in [0.05, 0.1) is 0 Å². The van der Waals surface area contributed by atoms with E-state index in [4.69, 9.17) is 0 Å². The minimum absolute atomic E-state index is 0.451. The molecule has 0 spiro atoms. The molecule has 0 amide bonds. The molecule has 0 aliphatic carbocycles. The summed E-state index contributed by atoms with van der Waals surface area (Å²) in [5.41, 5.74) is 0.451. The van der Waals surface area contributed by atoms with Crippen molar-refractivity contribution in [2.24, 2.45) is 5.41 Å². The molecule has 1 nitrogen and oxygen atoms in total. The maximum absolute atomic E-state index is 2.76. The van der Waals surface area contributed by atoms with Crippen LogP contribution in [0.2, 0.25) is 0 Å². The molecule has 0 unspecified atom stereocenters. The average Bonchev–Trinajstić information content (AvgIpc) is 2.96. The summed E-state index contributed by atoms with van der Waals surface area (Å²) in [6.07, 6.45) is 46.4. The third-order valence-electron chi connectivity index (χ3n) is 10.0. The fourth-order valence-corrected chi connectivity index (χ4v) is 7.29. The highest BCUT2D eigenvalue weighted by Gasteiger charge is 2.23. The zero-order chi connectivity index (χ0) is 31.0. The Labute approximate surface area is 269 Å². The summed E-state index contributed by atoms with van der Waals surface area (Å²) >= 11 is 0. The normalized spacial score (nSPS) is 12.3. The van der Waals surface area contributed by atoms with Crippen molar-refractivity contribution in [2.75, 3.05) is 13.6 Å². The van der Waals surface area contributed by atoms with Crippen LogP contribution in [-0.4, -0.2) is 24.5 Å². The molecule has 42 heavy (non-hydrogen) atoms. The highest BCUT2D eigenvalue weighted by Crippen LogP contribution is 2.27. The zero-order valence-electron chi connectivity index (χ0n) is 30.9. The quantitative estimate of drug-likeness (QED) is 0.0662. The zero-order valence-corrected chi connectivity index (χ0v) is 30.9. The second-order valence-electron chi connectivity index (χ2n) is 15.3. The molecule has 1 heteroatoms. The van der Waals surface area contributed by atoms with Crippen molar-refractivity contribution in [3.05, 3.63) is 0 Å². The molecule has 0 rings (SSSR count). The van der Waals surface area contributed by atoms with Crippen molar-refractivity contribution in [3.8, 4) is 0 Å². The van der Waals surface area contributed by atoms with E-state index in [1.165, 1.54) is 212 Å². The molecule has 0 atom stereocenters. The summed E-state index contributed by atoms with van der Waals surface area (Å²) in [4.78, 5) is 2.76. The lowest BCUT2D eigenvalue weighted by Crippen LogP contribution is -2.39. The van der Waals surface area contributed by atoms with E-state index in [1.807, 2.05) is 0 Å². The maximum atomic E-state index is 2.76. The summed E-state index contributed by atoms with van der Waals surface area (Å²) in [5, 5.41) is 0. The molecule has 0 aliphatic rings. The second-order valence-corrected chi connectivity index (χ2v) is 15.3. The van der Waals surface area contributed by atoms with E-state index in [1.54, 1.807) is 0 Å². The first-order chi connectivity index (χ1) is 20.5. The van der Waals surface area contributed by atoms with E-state index in [2.05, 4.69) is 46.6 Å². The molecule has 0 N–H and O–H groups in total. The van der Waals surface area contributed by atoms with Crippen LogP contribution in [0.3, 0.4) is 0 Å². The number of unbranched alkanes of at least 4 members (excludes halogenated alkanes) is 26. The van der Waals surface area contributed by atoms with Gasteiger partial charge in [-0.15, -0.1) is 0 Å². The van der Waals surface area contributed by atoms with Crippen LogP contribution in [0.5, 0.6) is 0 Å². The van der Waals surface area contributed by atoms with Gasteiger partial charge in [-0.25, -0.2) is 0 Å². The molecule has 0 aromatic rings. The Hall–Kier alpha value is -0.0400. The van der Waals surface area contributed by atoms with Crippen LogP contribution in [0.15, 0.2) is 0 Å². The van der Waals surface area contributed by atoms with Gasteiger partial charge in [-0.2, -0.15) is 0 Å². The van der Waals surface area contributed by atoms with Crippen LogP contribution >= 0.6 is 0 Å². The molecule has 0 aliphatic heterocycles. The van der Waals surface area contributed by atoms with Gasteiger partial charge >= 0.3 is 0 Å². The Bertz CT molecular complexity index is 465. The number of rotatable bonds is 35. The lowest BCUT2D eigenvalue weighted by molar-refractivity contribution is 0.135. The first-order valence-electron chi connectivity index (χ1n) is 20.2. The van der Waals surface area contributed by atoms with Crippen molar-refractivity contribution in [3.63, 3.8) is 0 Å². The monoisotopic (exact) mass is 592 g/mol. The van der Waals surface area contributed by atoms with Gasteiger partial charge in [0.1, 0.15) is 0 Å². The Morgan fingerprint density at radius 2 is 0.643 bits per heavy atom. The topological polar surface area (TPSA) is 3.24 Å². The van der Waals surface area contributed by atoms with Gasteiger partial charge in [-0.1, -0.05) is 221 Å². The Kier molecular flexibility index (Phi) is 32.3. The SMILES string of the molecule is CCCCCCCCCCCCCCCCC(CCCCCCCCCCCCCCCC)N(C)CC(C)(C)CCC. The van der Waals surface area contributed by atoms with Crippen molar-refractivity contribution in [1.82, 2.24) is 4.90 Å². The van der Waals surface area contributed by atoms with Crippen molar-refractivity contribution in [1.29, 1.82) is 0 Å². The smallest absolute Gasteiger partial charge is 0.00924 e. The molecule has 0 saturated heterocycles. The molecule has 0 radical (unpaired) electrons. The van der Waals surface area contributed by atoms with Crippen LogP contribution in [0.4, 0.5) is 0 Å². The molecule has 0 heterocycles. The molecular weight excluding hydrogens is 506 g/mol. The van der Waals surface area contributed by atoms with E-state index < -0.39 is 0 Å². The van der Waals surface area contributed by atoms with Gasteiger partial charge in [-0.3, -0.25) is 0 Å². The van der Waals surface area contributed by atoms with Gasteiger partial charge in [0.2, 0.25) is 0 Å². The van der Waals surface area contributed by atoms with Crippen LogP contribution in [0.1, 0.15) is 240 Å². The number of hydrogen-bond acceptors (Lipinski definition) is 1. The third-order valence-corrected chi connectivity index (χ3v) is 10.0. The van der Waals surface area contributed by atoms with Crippen LogP contribution in [-0.2, 0) is 0 Å². The first-order valence-corrected chi connectivity index (χ1v) is 20.2. The number of hydrogen-bond donors (Lipinski definition) is 0. The molecule has 0 saturated carbocycles. The minimum Gasteiger partial charge on any atom is -0.303 e. The molecule has 0 aromatic heterocycles. The molecule has 0 fully saturated rings. The summed E-state index contributed by atoms with van der Waals surface area (Å²) in [7, 11) is 2.44.